The van der Waals surface area contributed by atoms with Crippen LogP contribution in [0.25, 0.3) is 0 Å². The summed E-state index contributed by atoms with van der Waals surface area (Å²) in [5.41, 5.74) is -0.357. The summed E-state index contributed by atoms with van der Waals surface area (Å²) < 4.78 is 5.14. The molecule has 0 aromatic heterocycles. The maximum atomic E-state index is 11.7. The second kappa shape index (κ2) is 6.36. The predicted molar refractivity (Wildman–Crippen MR) is 83.0 cm³/mol. The van der Waals surface area contributed by atoms with Crippen LogP contribution in [0, 0.1) is 0 Å². The van der Waals surface area contributed by atoms with Gasteiger partial charge in [-0.05, 0) is 38.5 Å². The fourth-order valence-corrected chi connectivity index (χ4v) is 1.87. The second-order valence-electron chi connectivity index (χ2n) is 6.67. The number of nitrogens with one attached hydrogen (secondary N) is 1. The van der Waals surface area contributed by atoms with Crippen LogP contribution in [-0.2, 0) is 14.9 Å². The number of hydrogen-bond donors (Lipinski definition) is 3. The first-order valence-electron chi connectivity index (χ1n) is 6.95. The van der Waals surface area contributed by atoms with Gasteiger partial charge in [-0.15, -0.1) is 0 Å². The number of rotatable bonds is 4. The lowest BCUT2D eigenvalue weighted by Gasteiger charge is -2.28. The molecule has 1 aromatic carbocycles. The molecule has 0 aliphatic rings. The lowest BCUT2D eigenvalue weighted by molar-refractivity contribution is -0.150. The molecule has 1 amide bonds. The average Bonchev–Trinajstić information content (AvgIpc) is 2.35. The smallest absolute Gasteiger partial charge is 0.412 e. The number of carbonyl (C=O) groups excluding carboxylic acids is 1. The van der Waals surface area contributed by atoms with Crippen LogP contribution in [0.5, 0.6) is 0 Å². The molecular formula is C16H23NO5. The first kappa shape index (κ1) is 18.0. The summed E-state index contributed by atoms with van der Waals surface area (Å²) in [6.45, 7) is 8.59. The molecule has 0 aliphatic heterocycles. The van der Waals surface area contributed by atoms with Gasteiger partial charge in [0.25, 0.3) is 0 Å². The Morgan fingerprint density at radius 2 is 1.59 bits per heavy atom. The monoisotopic (exact) mass is 309 g/mol. The van der Waals surface area contributed by atoms with E-state index in [4.69, 9.17) is 9.84 Å². The van der Waals surface area contributed by atoms with Crippen LogP contribution >= 0.6 is 0 Å². The third-order valence-corrected chi connectivity index (χ3v) is 3.19. The van der Waals surface area contributed by atoms with Gasteiger partial charge in [-0.2, -0.15) is 0 Å². The van der Waals surface area contributed by atoms with Gasteiger partial charge in [0.1, 0.15) is 5.60 Å². The number of aliphatic hydroxyl groups is 1. The lowest BCUT2D eigenvalue weighted by atomic mass is 9.79. The zero-order valence-corrected chi connectivity index (χ0v) is 13.5. The Labute approximate surface area is 130 Å². The summed E-state index contributed by atoms with van der Waals surface area (Å²) in [6.07, 6.45) is -2.08. The maximum Gasteiger partial charge on any atom is 0.412 e. The van der Waals surface area contributed by atoms with Crippen molar-refractivity contribution in [3.05, 3.63) is 29.8 Å². The molecule has 0 heterocycles. The van der Waals surface area contributed by atoms with Gasteiger partial charge < -0.3 is 14.9 Å². The number of carbonyl (C=O) groups is 2. The summed E-state index contributed by atoms with van der Waals surface area (Å²) in [5.74, 6) is -1.28. The minimum Gasteiger partial charge on any atom is -0.479 e. The average molecular weight is 309 g/mol. The van der Waals surface area contributed by atoms with Crippen LogP contribution in [0.3, 0.4) is 0 Å². The molecule has 0 aliphatic carbocycles. The molecule has 6 nitrogen and oxygen atoms in total. The Morgan fingerprint density at radius 1 is 1.09 bits per heavy atom. The zero-order chi connectivity index (χ0) is 17.1. The molecule has 3 N–H and O–H groups in total. The van der Waals surface area contributed by atoms with Crippen LogP contribution in [0.4, 0.5) is 10.5 Å². The number of hydrogen-bond acceptors (Lipinski definition) is 4. The van der Waals surface area contributed by atoms with Gasteiger partial charge in [0.2, 0.25) is 0 Å². The Bertz CT molecular complexity index is 543. The molecule has 0 saturated carbocycles. The van der Waals surface area contributed by atoms with Gasteiger partial charge >= 0.3 is 12.1 Å². The molecule has 0 spiro atoms. The highest BCUT2D eigenvalue weighted by Gasteiger charge is 2.35. The van der Waals surface area contributed by atoms with Gasteiger partial charge in [-0.3, -0.25) is 5.32 Å². The van der Waals surface area contributed by atoms with Crippen molar-refractivity contribution in [2.75, 3.05) is 5.32 Å². The van der Waals surface area contributed by atoms with Crippen molar-refractivity contribution in [1.82, 2.24) is 0 Å². The van der Waals surface area contributed by atoms with Crippen LogP contribution < -0.4 is 5.32 Å². The Balaban J connectivity index is 2.83. The molecule has 122 valence electrons. The first-order chi connectivity index (χ1) is 9.93. The van der Waals surface area contributed by atoms with Crippen molar-refractivity contribution in [1.29, 1.82) is 0 Å². The quantitative estimate of drug-likeness (QED) is 0.794. The van der Waals surface area contributed by atoms with Crippen LogP contribution in [0.2, 0.25) is 0 Å². The summed E-state index contributed by atoms with van der Waals surface area (Å²) >= 11 is 0. The largest absolute Gasteiger partial charge is 0.479 e. The molecule has 22 heavy (non-hydrogen) atoms. The lowest BCUT2D eigenvalue weighted by Crippen LogP contribution is -2.39. The third-order valence-electron chi connectivity index (χ3n) is 3.19. The van der Waals surface area contributed by atoms with Crippen LogP contribution in [0.1, 0.15) is 40.2 Å². The highest BCUT2D eigenvalue weighted by atomic mass is 16.6. The molecule has 0 bridgehead atoms. The number of carboxylic acids is 1. The van der Waals surface area contributed by atoms with E-state index in [0.717, 1.165) is 0 Å². The van der Waals surface area contributed by atoms with Gasteiger partial charge in [0.05, 0.1) is 0 Å². The summed E-state index contributed by atoms with van der Waals surface area (Å²) in [7, 11) is 0. The number of amides is 1. The fourth-order valence-electron chi connectivity index (χ4n) is 1.87. The van der Waals surface area contributed by atoms with Crippen molar-refractivity contribution in [3.63, 3.8) is 0 Å². The van der Waals surface area contributed by atoms with E-state index >= 15 is 0 Å². The fraction of sp³-hybridized carbons (Fsp3) is 0.500. The first-order valence-corrected chi connectivity index (χ1v) is 6.95. The Morgan fingerprint density at radius 3 is 2.00 bits per heavy atom. The van der Waals surface area contributed by atoms with E-state index in [1.54, 1.807) is 58.9 Å². The Kier molecular flexibility index (Phi) is 5.19. The van der Waals surface area contributed by atoms with Gasteiger partial charge in [0.15, 0.2) is 6.10 Å². The molecule has 1 rings (SSSR count). The molecule has 1 atom stereocenters. The van der Waals surface area contributed by atoms with E-state index in [1.165, 1.54) is 0 Å². The number of benzene rings is 1. The minimum atomic E-state index is -1.52. The van der Waals surface area contributed by atoms with Gasteiger partial charge in [-0.25, -0.2) is 9.59 Å². The topological polar surface area (TPSA) is 95.9 Å². The normalized spacial score (nSPS) is 13.4. The third kappa shape index (κ3) is 4.73. The standard InChI is InChI=1S/C16H23NO5/c1-15(2,3)22-14(21)17-11-8-6-10(7-9-11)16(4,5)12(18)13(19)20/h6-9,12,18H,1-5H3,(H,17,21)(H,19,20). The number of aliphatic carboxylic acids is 1. The van der Waals surface area contributed by atoms with E-state index in [0.29, 0.717) is 11.3 Å². The molecule has 1 unspecified atom stereocenters. The van der Waals surface area contributed by atoms with Crippen LogP contribution in [0.15, 0.2) is 24.3 Å². The van der Waals surface area contributed by atoms with Crippen LogP contribution in [-0.4, -0.2) is 34.0 Å². The van der Waals surface area contributed by atoms with Crippen molar-refractivity contribution in [2.24, 2.45) is 0 Å². The highest BCUT2D eigenvalue weighted by Crippen LogP contribution is 2.28. The van der Waals surface area contributed by atoms with Crippen molar-refractivity contribution in [3.8, 4) is 0 Å². The summed E-state index contributed by atoms with van der Waals surface area (Å²) in [6, 6.07) is 6.60. The van der Waals surface area contributed by atoms with E-state index in [-0.39, 0.29) is 0 Å². The van der Waals surface area contributed by atoms with Gasteiger partial charge in [-0.1, -0.05) is 26.0 Å². The Hall–Kier alpha value is -2.08. The molecule has 1 aromatic rings. The molecule has 0 saturated heterocycles. The molecule has 0 radical (unpaired) electrons. The minimum absolute atomic E-state index is 0.526. The highest BCUT2D eigenvalue weighted by molar-refractivity contribution is 5.84. The van der Waals surface area contributed by atoms with E-state index in [2.05, 4.69) is 5.32 Å². The van der Waals surface area contributed by atoms with Crippen molar-refractivity contribution in [2.45, 2.75) is 51.7 Å². The van der Waals surface area contributed by atoms with Gasteiger partial charge in [0, 0.05) is 11.1 Å². The molecular weight excluding hydrogens is 286 g/mol. The summed E-state index contributed by atoms with van der Waals surface area (Å²) in [5, 5.41) is 21.3. The second-order valence-corrected chi connectivity index (χ2v) is 6.67. The summed E-state index contributed by atoms with van der Waals surface area (Å²) in [4.78, 5) is 22.6. The zero-order valence-electron chi connectivity index (χ0n) is 13.5. The number of ether oxygens (including phenoxy) is 1. The van der Waals surface area contributed by atoms with Crippen molar-refractivity contribution < 1.29 is 24.5 Å². The number of carboxylic acid groups (broad SMARTS) is 1. The molecule has 6 heteroatoms. The maximum absolute atomic E-state index is 11.7. The van der Waals surface area contributed by atoms with Crippen molar-refractivity contribution >= 4 is 17.7 Å². The SMILES string of the molecule is CC(C)(C)OC(=O)Nc1ccc(C(C)(C)C(O)C(=O)O)cc1. The predicted octanol–water partition coefficient (Wildman–Crippen LogP) is 2.76. The molecule has 0 fully saturated rings. The number of aliphatic hydroxyl groups excluding tert-OH is 1. The van der Waals surface area contributed by atoms with E-state index < -0.39 is 29.2 Å². The van der Waals surface area contributed by atoms with E-state index in [9.17, 15) is 14.7 Å². The van der Waals surface area contributed by atoms with E-state index in [1.807, 2.05) is 0 Å². The number of anilines is 1.